The van der Waals surface area contributed by atoms with E-state index in [1.54, 1.807) is 0 Å². The van der Waals surface area contributed by atoms with Crippen molar-refractivity contribution in [1.82, 2.24) is 26.0 Å². The molecule has 1 unspecified atom stereocenters. The third-order valence-electron chi connectivity index (χ3n) is 6.06. The van der Waals surface area contributed by atoms with E-state index in [0.717, 1.165) is 58.3 Å². The van der Waals surface area contributed by atoms with Gasteiger partial charge < -0.3 is 21.0 Å². The Labute approximate surface area is 166 Å². The van der Waals surface area contributed by atoms with Crippen molar-refractivity contribution < 1.29 is 4.79 Å². The van der Waals surface area contributed by atoms with Crippen LogP contribution < -0.4 is 16.1 Å². The number of hydrogen-bond donors (Lipinski definition) is 3. The number of rotatable bonds is 10. The van der Waals surface area contributed by atoms with Gasteiger partial charge in [0, 0.05) is 45.3 Å². The minimum absolute atomic E-state index is 0.207. The topological polar surface area (TPSA) is 59.6 Å². The lowest BCUT2D eigenvalue weighted by Crippen LogP contribution is -2.44. The Hall–Kier alpha value is -1.11. The van der Waals surface area contributed by atoms with Gasteiger partial charge in [-0.2, -0.15) is 0 Å². The van der Waals surface area contributed by atoms with Crippen LogP contribution in [0.5, 0.6) is 0 Å². The van der Waals surface area contributed by atoms with Crippen molar-refractivity contribution in [1.29, 1.82) is 0 Å². The molecule has 1 amide bonds. The summed E-state index contributed by atoms with van der Waals surface area (Å²) in [5.74, 6) is 1.75. The molecule has 1 aliphatic carbocycles. The summed E-state index contributed by atoms with van der Waals surface area (Å²) in [5.41, 5.74) is 4.87. The van der Waals surface area contributed by atoms with Crippen LogP contribution in [0.4, 0.5) is 0 Å². The zero-order chi connectivity index (χ0) is 19.8. The molecular formula is C21H41N5O. The van der Waals surface area contributed by atoms with E-state index < -0.39 is 0 Å². The molecule has 2 rings (SSSR count). The van der Waals surface area contributed by atoms with E-state index in [4.69, 9.17) is 0 Å². The van der Waals surface area contributed by atoms with E-state index in [-0.39, 0.29) is 11.8 Å². The fourth-order valence-corrected chi connectivity index (χ4v) is 4.38. The van der Waals surface area contributed by atoms with Crippen molar-refractivity contribution in [2.24, 2.45) is 17.8 Å². The summed E-state index contributed by atoms with van der Waals surface area (Å²) in [6, 6.07) is 0.451. The van der Waals surface area contributed by atoms with Crippen LogP contribution >= 0.6 is 0 Å². The Kier molecular flexibility index (Phi) is 9.06. The van der Waals surface area contributed by atoms with Gasteiger partial charge in [0.25, 0.3) is 0 Å². The number of carbonyl (C=O) groups is 1. The molecule has 1 heterocycles. The van der Waals surface area contributed by atoms with Gasteiger partial charge in [-0.3, -0.25) is 4.79 Å². The fourth-order valence-electron chi connectivity index (χ4n) is 4.38. The second-order valence-electron chi connectivity index (χ2n) is 8.83. The first kappa shape index (κ1) is 22.2. The highest BCUT2D eigenvalue weighted by Gasteiger charge is 2.36. The Morgan fingerprint density at radius 2 is 2.00 bits per heavy atom. The average molecular weight is 380 g/mol. The van der Waals surface area contributed by atoms with Crippen molar-refractivity contribution in [3.05, 3.63) is 11.8 Å². The van der Waals surface area contributed by atoms with E-state index in [2.05, 4.69) is 60.1 Å². The standard InChI is InChI=1S/C21H41N5O/c1-16(2)10-11-23-21(27)18-8-6-17(7-9-18)20-19(14-24-26(20)5)15-25(4)13-12-22-3/h14,16-18,20,22,24H,6-13,15H2,1-5H3,(H,23,27). The summed E-state index contributed by atoms with van der Waals surface area (Å²) in [5, 5.41) is 8.62. The molecule has 2 aliphatic rings. The van der Waals surface area contributed by atoms with Gasteiger partial charge in [0.15, 0.2) is 0 Å². The SMILES string of the molecule is CNCCN(C)CC1=CNN(C)C1C1CCC(C(=O)NCCC(C)C)CC1. The number of amides is 1. The van der Waals surface area contributed by atoms with Crippen LogP contribution in [0.1, 0.15) is 46.0 Å². The molecule has 0 aromatic heterocycles. The first-order valence-corrected chi connectivity index (χ1v) is 10.7. The molecule has 27 heavy (non-hydrogen) atoms. The van der Waals surface area contributed by atoms with E-state index in [9.17, 15) is 4.79 Å². The fraction of sp³-hybridized carbons (Fsp3) is 0.857. The smallest absolute Gasteiger partial charge is 0.223 e. The molecule has 0 aromatic rings. The molecule has 0 bridgehead atoms. The predicted molar refractivity (Wildman–Crippen MR) is 112 cm³/mol. The largest absolute Gasteiger partial charge is 0.356 e. The van der Waals surface area contributed by atoms with Crippen molar-refractivity contribution >= 4 is 5.91 Å². The molecule has 1 saturated carbocycles. The number of carbonyl (C=O) groups excluding carboxylic acids is 1. The number of hydrazine groups is 1. The lowest BCUT2D eigenvalue weighted by molar-refractivity contribution is -0.126. The second-order valence-corrected chi connectivity index (χ2v) is 8.83. The van der Waals surface area contributed by atoms with Gasteiger partial charge >= 0.3 is 0 Å². The summed E-state index contributed by atoms with van der Waals surface area (Å²) in [7, 11) is 6.33. The Bertz CT molecular complexity index is 485. The Morgan fingerprint density at radius 1 is 1.30 bits per heavy atom. The average Bonchev–Trinajstić information content (AvgIpc) is 2.99. The lowest BCUT2D eigenvalue weighted by atomic mass is 9.76. The van der Waals surface area contributed by atoms with Crippen molar-refractivity contribution in [2.45, 2.75) is 52.0 Å². The number of hydrogen-bond acceptors (Lipinski definition) is 5. The van der Waals surface area contributed by atoms with Gasteiger partial charge in [-0.1, -0.05) is 13.8 Å². The maximum Gasteiger partial charge on any atom is 0.223 e. The molecule has 0 radical (unpaired) electrons. The van der Waals surface area contributed by atoms with Crippen molar-refractivity contribution in [2.75, 3.05) is 47.3 Å². The van der Waals surface area contributed by atoms with Gasteiger partial charge in [0.05, 0.1) is 6.04 Å². The van der Waals surface area contributed by atoms with Gasteiger partial charge in [-0.25, -0.2) is 5.01 Å². The summed E-state index contributed by atoms with van der Waals surface area (Å²) < 4.78 is 0. The first-order chi connectivity index (χ1) is 12.9. The van der Waals surface area contributed by atoms with Crippen LogP contribution in [0.2, 0.25) is 0 Å². The van der Waals surface area contributed by atoms with Gasteiger partial charge in [0.2, 0.25) is 5.91 Å². The molecule has 0 aromatic carbocycles. The highest BCUT2D eigenvalue weighted by atomic mass is 16.1. The molecule has 0 spiro atoms. The molecule has 1 aliphatic heterocycles. The quantitative estimate of drug-likeness (QED) is 0.540. The summed E-state index contributed by atoms with van der Waals surface area (Å²) in [4.78, 5) is 14.8. The van der Waals surface area contributed by atoms with Crippen LogP contribution in [0.3, 0.4) is 0 Å². The van der Waals surface area contributed by atoms with E-state index in [0.29, 0.717) is 17.9 Å². The minimum Gasteiger partial charge on any atom is -0.356 e. The molecular weight excluding hydrogens is 338 g/mol. The maximum atomic E-state index is 12.4. The zero-order valence-electron chi connectivity index (χ0n) is 18.1. The molecule has 0 saturated heterocycles. The molecule has 6 heteroatoms. The molecule has 156 valence electrons. The Balaban J connectivity index is 1.81. The second kappa shape index (κ2) is 11.0. The minimum atomic E-state index is 0.207. The van der Waals surface area contributed by atoms with Gasteiger partial charge in [0.1, 0.15) is 0 Å². The first-order valence-electron chi connectivity index (χ1n) is 10.7. The van der Waals surface area contributed by atoms with Gasteiger partial charge in [-0.15, -0.1) is 0 Å². The van der Waals surface area contributed by atoms with E-state index >= 15 is 0 Å². The van der Waals surface area contributed by atoms with Crippen LogP contribution in [0, 0.1) is 17.8 Å². The van der Waals surface area contributed by atoms with Crippen molar-refractivity contribution in [3.8, 4) is 0 Å². The number of nitrogens with zero attached hydrogens (tertiary/aromatic N) is 2. The summed E-state index contributed by atoms with van der Waals surface area (Å²) >= 11 is 0. The third kappa shape index (κ3) is 6.77. The van der Waals surface area contributed by atoms with Crippen LogP contribution in [0.25, 0.3) is 0 Å². The molecule has 3 N–H and O–H groups in total. The van der Waals surface area contributed by atoms with Crippen LogP contribution in [0.15, 0.2) is 11.8 Å². The highest BCUT2D eigenvalue weighted by Crippen LogP contribution is 2.36. The molecule has 1 atom stereocenters. The summed E-state index contributed by atoms with van der Waals surface area (Å²) in [6.45, 7) is 8.27. The highest BCUT2D eigenvalue weighted by molar-refractivity contribution is 5.78. The number of nitrogens with one attached hydrogen (secondary N) is 3. The molecule has 1 fully saturated rings. The normalized spacial score (nSPS) is 26.3. The predicted octanol–water partition coefficient (Wildman–Crippen LogP) is 1.81. The van der Waals surface area contributed by atoms with Crippen LogP contribution in [-0.2, 0) is 4.79 Å². The van der Waals surface area contributed by atoms with E-state index in [1.807, 2.05) is 7.05 Å². The number of likely N-dealkylation sites (N-methyl/N-ethyl adjacent to an activating group) is 3. The lowest BCUT2D eigenvalue weighted by Gasteiger charge is -2.36. The Morgan fingerprint density at radius 3 is 2.63 bits per heavy atom. The monoisotopic (exact) mass is 379 g/mol. The van der Waals surface area contributed by atoms with Crippen LogP contribution in [-0.4, -0.2) is 69.2 Å². The maximum absolute atomic E-state index is 12.4. The summed E-state index contributed by atoms with van der Waals surface area (Å²) in [6.07, 6.45) is 7.56. The van der Waals surface area contributed by atoms with Crippen molar-refractivity contribution in [3.63, 3.8) is 0 Å². The van der Waals surface area contributed by atoms with Gasteiger partial charge in [-0.05, 0) is 63.6 Å². The molecule has 6 nitrogen and oxygen atoms in total. The van der Waals surface area contributed by atoms with E-state index in [1.165, 1.54) is 5.57 Å². The zero-order valence-corrected chi connectivity index (χ0v) is 18.1. The third-order valence-corrected chi connectivity index (χ3v) is 6.06.